The van der Waals surface area contributed by atoms with Crippen molar-refractivity contribution in [3.05, 3.63) is 65.7 Å². The summed E-state index contributed by atoms with van der Waals surface area (Å²) in [6.45, 7) is 0.378. The number of hydrogen-bond donors (Lipinski definition) is 5. The summed E-state index contributed by atoms with van der Waals surface area (Å²) in [7, 11) is 0. The van der Waals surface area contributed by atoms with Crippen LogP contribution in [0, 0.1) is 0 Å². The van der Waals surface area contributed by atoms with E-state index in [4.69, 9.17) is 5.11 Å². The molecule has 1 amide bonds. The van der Waals surface area contributed by atoms with Gasteiger partial charge in [-0.05, 0) is 42.6 Å². The van der Waals surface area contributed by atoms with Gasteiger partial charge in [0.2, 0.25) is 5.91 Å². The van der Waals surface area contributed by atoms with Gasteiger partial charge in [-0.25, -0.2) is 4.79 Å². The number of carbonyl (C=O) groups is 3. The predicted molar refractivity (Wildman–Crippen MR) is 110 cm³/mol. The molecule has 0 saturated heterocycles. The van der Waals surface area contributed by atoms with Crippen molar-refractivity contribution in [2.45, 2.75) is 37.8 Å². The summed E-state index contributed by atoms with van der Waals surface area (Å²) in [5.41, 5.74) is 1.75. The molecule has 30 heavy (non-hydrogen) atoms. The fraction of sp³-hybridized carbons (Fsp3) is 0.318. The van der Waals surface area contributed by atoms with Gasteiger partial charge in [0.25, 0.3) is 0 Å². The topological polar surface area (TPSA) is 136 Å². The van der Waals surface area contributed by atoms with Crippen LogP contribution in [0.3, 0.4) is 0 Å². The van der Waals surface area contributed by atoms with Crippen molar-refractivity contribution in [1.29, 1.82) is 0 Å². The van der Waals surface area contributed by atoms with Gasteiger partial charge in [-0.2, -0.15) is 0 Å². The molecule has 0 aliphatic carbocycles. The second kappa shape index (κ2) is 11.6. The second-order valence-corrected chi connectivity index (χ2v) is 6.96. The second-order valence-electron chi connectivity index (χ2n) is 6.96. The van der Waals surface area contributed by atoms with Crippen LogP contribution in [0.15, 0.2) is 54.6 Å². The molecule has 0 spiro atoms. The third-order valence-electron chi connectivity index (χ3n) is 4.56. The monoisotopic (exact) mass is 414 g/mol. The minimum absolute atomic E-state index is 0.0998. The van der Waals surface area contributed by atoms with Crippen LogP contribution in [0.2, 0.25) is 0 Å². The minimum atomic E-state index is -1.19. The molecule has 8 nitrogen and oxygen atoms in total. The molecule has 0 aliphatic heterocycles. The van der Waals surface area contributed by atoms with E-state index in [1.54, 1.807) is 48.5 Å². The minimum Gasteiger partial charge on any atom is -0.508 e. The molecule has 0 fully saturated rings. The Bertz CT molecular complexity index is 838. The molecule has 0 saturated carbocycles. The first-order valence-corrected chi connectivity index (χ1v) is 9.65. The molecule has 8 heteroatoms. The molecular formula is C22H26N2O6. The van der Waals surface area contributed by atoms with Crippen molar-refractivity contribution < 1.29 is 29.7 Å². The van der Waals surface area contributed by atoms with E-state index in [2.05, 4.69) is 10.6 Å². The van der Waals surface area contributed by atoms with Crippen LogP contribution < -0.4 is 10.6 Å². The van der Waals surface area contributed by atoms with Crippen molar-refractivity contribution in [2.24, 2.45) is 0 Å². The first-order chi connectivity index (χ1) is 14.3. The standard InChI is InChI=1S/C22H26N2O6/c25-17-10-8-15(9-11-17)7-4-12-23-18(14-20(26)27)21(28)24-19(22(29)30)13-16-5-2-1-3-6-16/h1-3,5-6,8-11,18-19,23,25H,4,7,12-14H2,(H,24,28)(H,26,27)(H,29,30)/t18-,19-/m0/s1. The quantitative estimate of drug-likeness (QED) is 0.333. The molecule has 0 bridgehead atoms. The lowest BCUT2D eigenvalue weighted by Crippen LogP contribution is -2.51. The van der Waals surface area contributed by atoms with Crippen LogP contribution in [0.4, 0.5) is 0 Å². The number of carboxylic acids is 2. The van der Waals surface area contributed by atoms with E-state index >= 15 is 0 Å². The molecule has 0 aromatic heterocycles. The van der Waals surface area contributed by atoms with Gasteiger partial charge in [-0.1, -0.05) is 42.5 Å². The molecule has 2 aromatic carbocycles. The average Bonchev–Trinajstić information content (AvgIpc) is 2.71. The number of aromatic hydroxyl groups is 1. The number of hydrogen-bond acceptors (Lipinski definition) is 5. The Labute approximate surface area is 174 Å². The Balaban J connectivity index is 1.91. The molecule has 0 unspecified atom stereocenters. The zero-order chi connectivity index (χ0) is 21.9. The van der Waals surface area contributed by atoms with E-state index in [1.807, 2.05) is 6.07 Å². The number of carbonyl (C=O) groups excluding carboxylic acids is 1. The number of aliphatic carboxylic acids is 2. The Morgan fingerprint density at radius 3 is 2.13 bits per heavy atom. The van der Waals surface area contributed by atoms with Gasteiger partial charge in [0.05, 0.1) is 12.5 Å². The van der Waals surface area contributed by atoms with Crippen molar-refractivity contribution >= 4 is 17.8 Å². The highest BCUT2D eigenvalue weighted by atomic mass is 16.4. The van der Waals surface area contributed by atoms with Crippen molar-refractivity contribution in [1.82, 2.24) is 10.6 Å². The number of nitrogens with one attached hydrogen (secondary N) is 2. The SMILES string of the molecule is O=C(O)C[C@H](NCCCc1ccc(O)cc1)C(=O)N[C@@H](Cc1ccccc1)C(=O)O. The highest BCUT2D eigenvalue weighted by Gasteiger charge is 2.26. The lowest BCUT2D eigenvalue weighted by Gasteiger charge is -2.20. The van der Waals surface area contributed by atoms with E-state index in [1.165, 1.54) is 0 Å². The average molecular weight is 414 g/mol. The molecule has 2 aromatic rings. The van der Waals surface area contributed by atoms with Gasteiger partial charge in [0.15, 0.2) is 0 Å². The smallest absolute Gasteiger partial charge is 0.326 e. The maximum Gasteiger partial charge on any atom is 0.326 e. The summed E-state index contributed by atoms with van der Waals surface area (Å²) in [6.07, 6.45) is 0.965. The van der Waals surface area contributed by atoms with Crippen molar-refractivity contribution in [3.8, 4) is 5.75 Å². The van der Waals surface area contributed by atoms with Crippen LogP contribution in [0.25, 0.3) is 0 Å². The molecule has 2 atom stereocenters. The zero-order valence-corrected chi connectivity index (χ0v) is 16.5. The Morgan fingerprint density at radius 1 is 0.867 bits per heavy atom. The van der Waals surface area contributed by atoms with Crippen molar-refractivity contribution in [2.75, 3.05) is 6.54 Å². The van der Waals surface area contributed by atoms with E-state index < -0.39 is 36.4 Å². The molecule has 0 heterocycles. The number of carboxylic acid groups (broad SMARTS) is 2. The van der Waals surface area contributed by atoms with E-state index in [9.17, 15) is 24.6 Å². The number of benzene rings is 2. The summed E-state index contributed by atoms with van der Waals surface area (Å²) >= 11 is 0. The third-order valence-corrected chi connectivity index (χ3v) is 4.56. The van der Waals surface area contributed by atoms with Crippen LogP contribution in [0.5, 0.6) is 5.75 Å². The van der Waals surface area contributed by atoms with Gasteiger partial charge in [0, 0.05) is 6.42 Å². The summed E-state index contributed by atoms with van der Waals surface area (Å²) in [6, 6.07) is 13.4. The van der Waals surface area contributed by atoms with E-state index in [0.29, 0.717) is 19.4 Å². The number of phenols is 1. The Kier molecular flexibility index (Phi) is 8.83. The van der Waals surface area contributed by atoms with Crippen LogP contribution in [0.1, 0.15) is 24.0 Å². The van der Waals surface area contributed by atoms with Gasteiger partial charge < -0.3 is 26.0 Å². The van der Waals surface area contributed by atoms with Crippen molar-refractivity contribution in [3.63, 3.8) is 0 Å². The molecule has 160 valence electrons. The third kappa shape index (κ3) is 7.92. The van der Waals surface area contributed by atoms with E-state index in [-0.39, 0.29) is 12.2 Å². The molecule has 2 rings (SSSR count). The fourth-order valence-corrected chi connectivity index (χ4v) is 2.99. The van der Waals surface area contributed by atoms with Gasteiger partial charge >= 0.3 is 11.9 Å². The zero-order valence-electron chi connectivity index (χ0n) is 16.5. The number of phenolic OH excluding ortho intramolecular Hbond substituents is 1. The van der Waals surface area contributed by atoms with Gasteiger partial charge in [-0.3, -0.25) is 9.59 Å². The summed E-state index contributed by atoms with van der Waals surface area (Å²) < 4.78 is 0. The maximum absolute atomic E-state index is 12.6. The Morgan fingerprint density at radius 2 is 1.53 bits per heavy atom. The summed E-state index contributed by atoms with van der Waals surface area (Å²) in [5.74, 6) is -2.83. The Hall–Kier alpha value is -3.39. The van der Waals surface area contributed by atoms with Crippen LogP contribution >= 0.6 is 0 Å². The highest BCUT2D eigenvalue weighted by Crippen LogP contribution is 2.11. The van der Waals surface area contributed by atoms with Gasteiger partial charge in [0.1, 0.15) is 11.8 Å². The predicted octanol–water partition coefficient (Wildman–Crippen LogP) is 1.57. The lowest BCUT2D eigenvalue weighted by atomic mass is 10.0. The first-order valence-electron chi connectivity index (χ1n) is 9.65. The summed E-state index contributed by atoms with van der Waals surface area (Å²) in [4.78, 5) is 35.3. The van der Waals surface area contributed by atoms with Crippen LogP contribution in [-0.2, 0) is 27.2 Å². The summed E-state index contributed by atoms with van der Waals surface area (Å²) in [5, 5.41) is 33.2. The van der Waals surface area contributed by atoms with Crippen LogP contribution in [-0.4, -0.2) is 51.8 Å². The molecule has 0 aliphatic rings. The number of amides is 1. The normalized spacial score (nSPS) is 12.7. The largest absolute Gasteiger partial charge is 0.508 e. The number of aryl methyl sites for hydroxylation is 1. The molecule has 5 N–H and O–H groups in total. The fourth-order valence-electron chi connectivity index (χ4n) is 2.99. The van der Waals surface area contributed by atoms with Gasteiger partial charge in [-0.15, -0.1) is 0 Å². The first kappa shape index (κ1) is 22.9. The lowest BCUT2D eigenvalue weighted by molar-refractivity contribution is -0.143. The molecular weight excluding hydrogens is 388 g/mol. The molecule has 0 radical (unpaired) electrons. The maximum atomic E-state index is 12.6. The van der Waals surface area contributed by atoms with E-state index in [0.717, 1.165) is 11.1 Å². The number of rotatable bonds is 12. The highest BCUT2D eigenvalue weighted by molar-refractivity contribution is 5.89.